The molecule has 0 aliphatic rings. The lowest BCUT2D eigenvalue weighted by molar-refractivity contribution is -0.137. The van der Waals surface area contributed by atoms with Crippen molar-refractivity contribution in [3.8, 4) is 0 Å². The molecule has 1 N–H and O–H groups in total. The number of hydrogen-bond acceptors (Lipinski definition) is 4. The Morgan fingerprint density at radius 1 is 1.38 bits per heavy atom. The van der Waals surface area contributed by atoms with Crippen LogP contribution in [-0.4, -0.2) is 30.7 Å². The maximum absolute atomic E-state index is 10.3. The molecule has 0 bridgehead atoms. The summed E-state index contributed by atoms with van der Waals surface area (Å²) in [6, 6.07) is 1.79. The average molecular weight is 220 g/mol. The lowest BCUT2D eigenvalue weighted by atomic mass is 10.2. The first-order valence-corrected chi connectivity index (χ1v) is 5.13. The normalized spacial score (nSPS) is 10.8. The van der Waals surface area contributed by atoms with E-state index >= 15 is 0 Å². The zero-order chi connectivity index (χ0) is 11.4. The fourth-order valence-electron chi connectivity index (χ4n) is 1.52. The molecule has 2 aromatic heterocycles. The van der Waals surface area contributed by atoms with Gasteiger partial charge in [0.2, 0.25) is 0 Å². The lowest BCUT2D eigenvalue weighted by Crippen LogP contribution is -1.98. The fourth-order valence-corrected chi connectivity index (χ4v) is 1.52. The maximum atomic E-state index is 10.3. The van der Waals surface area contributed by atoms with E-state index in [9.17, 15) is 4.79 Å². The molecule has 0 aromatic carbocycles. The van der Waals surface area contributed by atoms with Gasteiger partial charge in [0.25, 0.3) is 0 Å². The number of aliphatic carboxylic acids is 1. The van der Waals surface area contributed by atoms with Crippen molar-refractivity contribution in [1.29, 1.82) is 0 Å². The van der Waals surface area contributed by atoms with E-state index in [1.807, 2.05) is 4.40 Å². The van der Waals surface area contributed by atoms with Crippen LogP contribution in [0.25, 0.3) is 5.65 Å². The zero-order valence-electron chi connectivity index (χ0n) is 8.70. The summed E-state index contributed by atoms with van der Waals surface area (Å²) >= 11 is 0. The minimum atomic E-state index is -0.757. The molecule has 0 aliphatic carbocycles. The quantitative estimate of drug-likeness (QED) is 0.758. The van der Waals surface area contributed by atoms with E-state index in [1.54, 1.807) is 18.6 Å². The van der Waals surface area contributed by atoms with Gasteiger partial charge in [-0.25, -0.2) is 4.98 Å². The van der Waals surface area contributed by atoms with Gasteiger partial charge in [-0.05, 0) is 12.8 Å². The van der Waals surface area contributed by atoms with Crippen LogP contribution in [0.1, 0.15) is 25.1 Å². The summed E-state index contributed by atoms with van der Waals surface area (Å²) in [5, 5.41) is 16.5. The molecule has 6 nitrogen and oxygen atoms in total. The van der Waals surface area contributed by atoms with E-state index in [0.717, 1.165) is 24.3 Å². The van der Waals surface area contributed by atoms with Crippen molar-refractivity contribution in [3.05, 3.63) is 24.4 Å². The van der Waals surface area contributed by atoms with Crippen molar-refractivity contribution in [2.45, 2.75) is 25.7 Å². The van der Waals surface area contributed by atoms with E-state index in [4.69, 9.17) is 5.11 Å². The van der Waals surface area contributed by atoms with Gasteiger partial charge in [0.1, 0.15) is 12.2 Å². The highest BCUT2D eigenvalue weighted by Crippen LogP contribution is 2.06. The molecule has 0 saturated carbocycles. The van der Waals surface area contributed by atoms with Crippen LogP contribution in [0.2, 0.25) is 0 Å². The summed E-state index contributed by atoms with van der Waals surface area (Å²) in [5.74, 6) is 0.0706. The standard InChI is InChI=1S/C10H12N4O2/c15-10(16)4-2-1-3-8-12-13-9-5-6-11-7-14(8)9/h5-7H,1-4H2,(H,15,16). The number of carbonyl (C=O) groups is 1. The summed E-state index contributed by atoms with van der Waals surface area (Å²) in [5.41, 5.74) is 0.767. The number of unbranched alkanes of at least 4 members (excludes halogenated alkanes) is 1. The number of aromatic nitrogens is 4. The third kappa shape index (κ3) is 2.33. The predicted molar refractivity (Wildman–Crippen MR) is 56.0 cm³/mol. The number of carboxylic acids is 1. The first kappa shape index (κ1) is 10.5. The van der Waals surface area contributed by atoms with E-state index in [-0.39, 0.29) is 6.42 Å². The summed E-state index contributed by atoms with van der Waals surface area (Å²) in [7, 11) is 0. The first-order chi connectivity index (χ1) is 7.77. The molecule has 84 valence electrons. The van der Waals surface area contributed by atoms with E-state index in [1.165, 1.54) is 0 Å². The highest BCUT2D eigenvalue weighted by atomic mass is 16.4. The molecular weight excluding hydrogens is 208 g/mol. The molecule has 0 amide bonds. The minimum absolute atomic E-state index is 0.203. The summed E-state index contributed by atoms with van der Waals surface area (Å²) in [4.78, 5) is 14.3. The third-order valence-electron chi connectivity index (χ3n) is 2.33. The first-order valence-electron chi connectivity index (χ1n) is 5.13. The van der Waals surface area contributed by atoms with E-state index in [0.29, 0.717) is 6.42 Å². The minimum Gasteiger partial charge on any atom is -0.481 e. The Morgan fingerprint density at radius 2 is 2.25 bits per heavy atom. The van der Waals surface area contributed by atoms with Gasteiger partial charge in [0.15, 0.2) is 5.65 Å². The van der Waals surface area contributed by atoms with Crippen LogP contribution in [0.4, 0.5) is 0 Å². The molecule has 6 heteroatoms. The Kier molecular flexibility index (Phi) is 3.09. The Hall–Kier alpha value is -1.98. The molecule has 16 heavy (non-hydrogen) atoms. The van der Waals surface area contributed by atoms with Crippen LogP contribution in [-0.2, 0) is 11.2 Å². The molecular formula is C10H12N4O2. The largest absolute Gasteiger partial charge is 0.481 e. The molecule has 2 aromatic rings. The van der Waals surface area contributed by atoms with Gasteiger partial charge >= 0.3 is 5.97 Å². The third-order valence-corrected chi connectivity index (χ3v) is 2.33. The molecule has 0 saturated heterocycles. The molecule has 0 radical (unpaired) electrons. The molecule has 2 rings (SSSR count). The molecule has 2 heterocycles. The molecule has 0 unspecified atom stereocenters. The van der Waals surface area contributed by atoms with Gasteiger partial charge in [-0.15, -0.1) is 10.2 Å². The maximum Gasteiger partial charge on any atom is 0.303 e. The number of aryl methyl sites for hydroxylation is 1. The Morgan fingerprint density at radius 3 is 3.06 bits per heavy atom. The van der Waals surface area contributed by atoms with E-state index < -0.39 is 5.97 Å². The topological polar surface area (TPSA) is 80.4 Å². The lowest BCUT2D eigenvalue weighted by Gasteiger charge is -1.98. The van der Waals surface area contributed by atoms with Crippen molar-refractivity contribution >= 4 is 11.6 Å². The summed E-state index contributed by atoms with van der Waals surface area (Å²) in [6.45, 7) is 0. The SMILES string of the molecule is O=C(O)CCCCc1nnc2ccncn12. The van der Waals surface area contributed by atoms with Gasteiger partial charge in [-0.1, -0.05) is 0 Å². The second-order valence-electron chi connectivity index (χ2n) is 3.53. The van der Waals surface area contributed by atoms with Crippen molar-refractivity contribution in [1.82, 2.24) is 19.6 Å². The summed E-state index contributed by atoms with van der Waals surface area (Å²) in [6.07, 6.45) is 5.71. The number of rotatable bonds is 5. The highest BCUT2D eigenvalue weighted by Gasteiger charge is 2.04. The van der Waals surface area contributed by atoms with Crippen molar-refractivity contribution in [2.75, 3.05) is 0 Å². The second kappa shape index (κ2) is 4.69. The van der Waals surface area contributed by atoms with Crippen molar-refractivity contribution < 1.29 is 9.90 Å². The number of fused-ring (bicyclic) bond motifs is 1. The smallest absolute Gasteiger partial charge is 0.303 e. The molecule has 0 fully saturated rings. The Balaban J connectivity index is 1.97. The van der Waals surface area contributed by atoms with Crippen LogP contribution in [0.3, 0.4) is 0 Å². The molecule has 0 aliphatic heterocycles. The predicted octanol–water partition coefficient (Wildman–Crippen LogP) is 0.922. The number of carboxylic acid groups (broad SMARTS) is 1. The number of hydrogen-bond donors (Lipinski definition) is 1. The fraction of sp³-hybridized carbons (Fsp3) is 0.400. The van der Waals surface area contributed by atoms with Gasteiger partial charge in [0.05, 0.1) is 0 Å². The second-order valence-corrected chi connectivity index (χ2v) is 3.53. The highest BCUT2D eigenvalue weighted by molar-refractivity contribution is 5.66. The zero-order valence-corrected chi connectivity index (χ0v) is 8.70. The van der Waals surface area contributed by atoms with Crippen LogP contribution in [0, 0.1) is 0 Å². The van der Waals surface area contributed by atoms with Gasteiger partial charge in [-0.3, -0.25) is 9.20 Å². The van der Waals surface area contributed by atoms with Crippen molar-refractivity contribution in [3.63, 3.8) is 0 Å². The van der Waals surface area contributed by atoms with Crippen molar-refractivity contribution in [2.24, 2.45) is 0 Å². The monoisotopic (exact) mass is 220 g/mol. The Labute approximate surface area is 92.0 Å². The van der Waals surface area contributed by atoms with Crippen LogP contribution in [0.5, 0.6) is 0 Å². The molecule has 0 spiro atoms. The van der Waals surface area contributed by atoms with Crippen LogP contribution in [0.15, 0.2) is 18.6 Å². The van der Waals surface area contributed by atoms with Gasteiger partial charge in [0, 0.05) is 25.1 Å². The number of nitrogens with zero attached hydrogens (tertiary/aromatic N) is 4. The summed E-state index contributed by atoms with van der Waals surface area (Å²) < 4.78 is 1.82. The van der Waals surface area contributed by atoms with Gasteiger partial charge in [-0.2, -0.15) is 0 Å². The Bertz CT molecular complexity index is 494. The van der Waals surface area contributed by atoms with Gasteiger partial charge < -0.3 is 5.11 Å². The van der Waals surface area contributed by atoms with Crippen LogP contribution < -0.4 is 0 Å². The molecule has 0 atom stereocenters. The average Bonchev–Trinajstić information content (AvgIpc) is 2.68. The van der Waals surface area contributed by atoms with E-state index in [2.05, 4.69) is 15.2 Å². The van der Waals surface area contributed by atoms with Crippen LogP contribution >= 0.6 is 0 Å².